The fourth-order valence-corrected chi connectivity index (χ4v) is 3.14. The number of likely N-dealkylation sites (tertiary alicyclic amines) is 1. The van der Waals surface area contributed by atoms with Gasteiger partial charge in [-0.25, -0.2) is 0 Å². The van der Waals surface area contributed by atoms with Gasteiger partial charge in [0.05, 0.1) is 12.7 Å². The van der Waals surface area contributed by atoms with E-state index in [-0.39, 0.29) is 18.6 Å². The molecule has 0 aromatic heterocycles. The highest BCUT2D eigenvalue weighted by molar-refractivity contribution is 5.79. The van der Waals surface area contributed by atoms with Gasteiger partial charge in [0, 0.05) is 13.0 Å². The van der Waals surface area contributed by atoms with Gasteiger partial charge in [-0.2, -0.15) is 0 Å². The minimum absolute atomic E-state index is 0.145. The molecule has 1 amide bonds. The van der Waals surface area contributed by atoms with Crippen molar-refractivity contribution >= 4 is 5.91 Å². The van der Waals surface area contributed by atoms with Crippen LogP contribution in [0.25, 0.3) is 0 Å². The van der Waals surface area contributed by atoms with E-state index in [0.29, 0.717) is 24.7 Å². The molecule has 0 spiro atoms. The molecule has 0 radical (unpaired) electrons. The number of carbonyl (C=O) groups excluding carboxylic acids is 1. The van der Waals surface area contributed by atoms with Crippen LogP contribution in [0.1, 0.15) is 51.1 Å². The summed E-state index contributed by atoms with van der Waals surface area (Å²) in [7, 11) is 0. The Morgan fingerprint density at radius 2 is 1.95 bits per heavy atom. The monoisotopic (exact) mass is 291 g/mol. The maximum atomic E-state index is 12.3. The molecule has 1 heterocycles. The van der Waals surface area contributed by atoms with Crippen LogP contribution >= 0.6 is 0 Å². The van der Waals surface area contributed by atoms with Crippen molar-refractivity contribution in [1.29, 1.82) is 0 Å². The SMILES string of the molecule is CC(CCF)CCC1CC(=O)N(C(C)c2ccccc2)C1. The predicted molar refractivity (Wildman–Crippen MR) is 83.7 cm³/mol. The highest BCUT2D eigenvalue weighted by Gasteiger charge is 2.32. The maximum Gasteiger partial charge on any atom is 0.223 e. The number of halogens is 1. The van der Waals surface area contributed by atoms with Gasteiger partial charge >= 0.3 is 0 Å². The average Bonchev–Trinajstić information content (AvgIpc) is 2.87. The number of carbonyl (C=O) groups is 1. The Kier molecular flexibility index (Phi) is 5.77. The number of alkyl halides is 1. The van der Waals surface area contributed by atoms with Crippen LogP contribution < -0.4 is 0 Å². The summed E-state index contributed by atoms with van der Waals surface area (Å²) in [4.78, 5) is 14.2. The standard InChI is InChI=1S/C18H26FNO/c1-14(10-11-19)8-9-16-12-18(21)20(13-16)15(2)17-6-4-3-5-7-17/h3-7,14-16H,8-13H2,1-2H3. The minimum Gasteiger partial charge on any atom is -0.336 e. The van der Waals surface area contributed by atoms with Crippen LogP contribution in [0, 0.1) is 11.8 Å². The number of hydrogen-bond acceptors (Lipinski definition) is 1. The molecular formula is C18H26FNO. The lowest BCUT2D eigenvalue weighted by Gasteiger charge is -2.25. The van der Waals surface area contributed by atoms with E-state index in [1.807, 2.05) is 23.1 Å². The van der Waals surface area contributed by atoms with Gasteiger partial charge in [0.25, 0.3) is 0 Å². The third-order valence-corrected chi connectivity index (χ3v) is 4.66. The zero-order valence-electron chi connectivity index (χ0n) is 13.1. The molecule has 2 rings (SSSR count). The fraction of sp³-hybridized carbons (Fsp3) is 0.611. The van der Waals surface area contributed by atoms with E-state index in [0.717, 1.165) is 19.4 Å². The average molecular weight is 291 g/mol. The summed E-state index contributed by atoms with van der Waals surface area (Å²) in [5.74, 6) is 1.12. The molecule has 0 bridgehead atoms. The van der Waals surface area contributed by atoms with Crippen molar-refractivity contribution in [3.8, 4) is 0 Å². The number of amides is 1. The van der Waals surface area contributed by atoms with E-state index in [1.165, 1.54) is 5.56 Å². The lowest BCUT2D eigenvalue weighted by molar-refractivity contribution is -0.129. The molecule has 21 heavy (non-hydrogen) atoms. The van der Waals surface area contributed by atoms with Crippen molar-refractivity contribution in [3.05, 3.63) is 35.9 Å². The van der Waals surface area contributed by atoms with E-state index in [1.54, 1.807) is 0 Å². The number of nitrogens with zero attached hydrogens (tertiary/aromatic N) is 1. The van der Waals surface area contributed by atoms with Crippen molar-refractivity contribution in [2.75, 3.05) is 13.2 Å². The first-order valence-corrected chi connectivity index (χ1v) is 8.02. The normalized spacial score (nSPS) is 21.6. The fourth-order valence-electron chi connectivity index (χ4n) is 3.14. The molecule has 1 aliphatic rings. The van der Waals surface area contributed by atoms with Gasteiger partial charge < -0.3 is 4.90 Å². The summed E-state index contributed by atoms with van der Waals surface area (Å²) in [5, 5.41) is 0. The topological polar surface area (TPSA) is 20.3 Å². The summed E-state index contributed by atoms with van der Waals surface area (Å²) in [6, 6.07) is 10.3. The first-order valence-electron chi connectivity index (χ1n) is 8.02. The van der Waals surface area contributed by atoms with E-state index >= 15 is 0 Å². The van der Waals surface area contributed by atoms with Gasteiger partial charge in [-0.15, -0.1) is 0 Å². The molecule has 1 aromatic rings. The van der Waals surface area contributed by atoms with Gasteiger partial charge in [0.1, 0.15) is 0 Å². The summed E-state index contributed by atoms with van der Waals surface area (Å²) in [6.07, 6.45) is 3.35. The third-order valence-electron chi connectivity index (χ3n) is 4.66. The van der Waals surface area contributed by atoms with Crippen molar-refractivity contribution in [1.82, 2.24) is 4.90 Å². The number of benzene rings is 1. The van der Waals surface area contributed by atoms with Gasteiger partial charge in [-0.1, -0.05) is 43.7 Å². The van der Waals surface area contributed by atoms with Gasteiger partial charge in [-0.3, -0.25) is 9.18 Å². The maximum absolute atomic E-state index is 12.3. The van der Waals surface area contributed by atoms with E-state index in [2.05, 4.69) is 26.0 Å². The molecule has 3 unspecified atom stereocenters. The van der Waals surface area contributed by atoms with Gasteiger partial charge in [-0.05, 0) is 37.2 Å². The summed E-state index contributed by atoms with van der Waals surface area (Å²) in [6.45, 7) is 4.81. The van der Waals surface area contributed by atoms with Crippen LogP contribution in [-0.4, -0.2) is 24.0 Å². The number of hydrogen-bond donors (Lipinski definition) is 0. The highest BCUT2D eigenvalue weighted by atomic mass is 19.1. The Bertz CT molecular complexity index is 448. The van der Waals surface area contributed by atoms with Crippen LogP contribution in [0.2, 0.25) is 0 Å². The Morgan fingerprint density at radius 3 is 2.62 bits per heavy atom. The second-order valence-electron chi connectivity index (χ2n) is 6.36. The van der Waals surface area contributed by atoms with Crippen molar-refractivity contribution in [3.63, 3.8) is 0 Å². The Labute approximate surface area is 127 Å². The van der Waals surface area contributed by atoms with Crippen molar-refractivity contribution < 1.29 is 9.18 Å². The first-order chi connectivity index (χ1) is 10.1. The zero-order valence-corrected chi connectivity index (χ0v) is 13.1. The first kappa shape index (κ1) is 16.0. The summed E-state index contributed by atoms with van der Waals surface area (Å²) < 4.78 is 12.3. The molecule has 2 nitrogen and oxygen atoms in total. The van der Waals surface area contributed by atoms with Crippen LogP contribution in [0.3, 0.4) is 0 Å². The van der Waals surface area contributed by atoms with Crippen molar-refractivity contribution in [2.24, 2.45) is 11.8 Å². The second-order valence-corrected chi connectivity index (χ2v) is 6.36. The smallest absolute Gasteiger partial charge is 0.223 e. The molecular weight excluding hydrogens is 265 g/mol. The molecule has 1 fully saturated rings. The minimum atomic E-state index is -0.234. The molecule has 0 N–H and O–H groups in total. The largest absolute Gasteiger partial charge is 0.336 e. The molecule has 0 saturated carbocycles. The van der Waals surface area contributed by atoms with Crippen LogP contribution in [0.5, 0.6) is 0 Å². The highest BCUT2D eigenvalue weighted by Crippen LogP contribution is 2.31. The van der Waals surface area contributed by atoms with Crippen LogP contribution in [0.4, 0.5) is 4.39 Å². The van der Waals surface area contributed by atoms with Crippen LogP contribution in [-0.2, 0) is 4.79 Å². The Morgan fingerprint density at radius 1 is 1.24 bits per heavy atom. The van der Waals surface area contributed by atoms with E-state index in [9.17, 15) is 9.18 Å². The molecule has 1 aliphatic heterocycles. The Hall–Kier alpha value is -1.38. The number of rotatable bonds is 7. The van der Waals surface area contributed by atoms with Gasteiger partial charge in [0.2, 0.25) is 5.91 Å². The lowest BCUT2D eigenvalue weighted by Crippen LogP contribution is -2.28. The lowest BCUT2D eigenvalue weighted by atomic mass is 9.94. The zero-order chi connectivity index (χ0) is 15.2. The molecule has 116 valence electrons. The van der Waals surface area contributed by atoms with E-state index in [4.69, 9.17) is 0 Å². The summed E-state index contributed by atoms with van der Waals surface area (Å²) >= 11 is 0. The summed E-state index contributed by atoms with van der Waals surface area (Å²) in [5.41, 5.74) is 1.19. The molecule has 3 atom stereocenters. The van der Waals surface area contributed by atoms with E-state index < -0.39 is 0 Å². The quantitative estimate of drug-likeness (QED) is 0.730. The molecule has 1 aromatic carbocycles. The Balaban J connectivity index is 1.88. The third kappa shape index (κ3) is 4.29. The molecule has 3 heteroatoms. The second kappa shape index (κ2) is 7.58. The molecule has 1 saturated heterocycles. The predicted octanol–water partition coefficient (Wildman–Crippen LogP) is 4.37. The van der Waals surface area contributed by atoms with Crippen molar-refractivity contribution in [2.45, 2.75) is 45.6 Å². The van der Waals surface area contributed by atoms with Gasteiger partial charge in [0.15, 0.2) is 0 Å². The van der Waals surface area contributed by atoms with Crippen LogP contribution in [0.15, 0.2) is 30.3 Å². The molecule has 0 aliphatic carbocycles.